The van der Waals surface area contributed by atoms with Gasteiger partial charge >= 0.3 is 0 Å². The molecule has 5 aromatic carbocycles. The van der Waals surface area contributed by atoms with Crippen molar-refractivity contribution in [3.8, 4) is 0 Å². The van der Waals surface area contributed by atoms with Gasteiger partial charge in [-0.25, -0.2) is 0 Å². The lowest BCUT2D eigenvalue weighted by molar-refractivity contribution is 1.13. The quantitative estimate of drug-likeness (QED) is 0.237. The molecule has 0 spiro atoms. The Morgan fingerprint density at radius 1 is 0.548 bits per heavy atom. The summed E-state index contributed by atoms with van der Waals surface area (Å²) in [5.41, 5.74) is 1.27. The van der Waals surface area contributed by atoms with Crippen molar-refractivity contribution >= 4 is 63.6 Å². The molecule has 0 aromatic heterocycles. The van der Waals surface area contributed by atoms with Gasteiger partial charge in [0.2, 0.25) is 0 Å². The molecule has 0 fully saturated rings. The van der Waals surface area contributed by atoms with Gasteiger partial charge in [0.1, 0.15) is 0 Å². The van der Waals surface area contributed by atoms with E-state index in [0.29, 0.717) is 0 Å². The maximum atomic E-state index is 2.60. The second-order valence-electron chi connectivity index (χ2n) is 10.2. The summed E-state index contributed by atoms with van der Waals surface area (Å²) in [7, 11) is 0.764. The predicted molar refractivity (Wildman–Crippen MR) is 145 cm³/mol. The summed E-state index contributed by atoms with van der Waals surface area (Å²) in [6.45, 7) is 10.4. The van der Waals surface area contributed by atoms with Crippen LogP contribution in [0.25, 0.3) is 32.3 Å². The fraction of sp³-hybridized carbons (Fsp3) is 0.214. The van der Waals surface area contributed by atoms with Gasteiger partial charge in [-0.15, -0.1) is 0 Å². The maximum Gasteiger partial charge on any atom is 0.0799 e. The van der Waals surface area contributed by atoms with Crippen molar-refractivity contribution in [3.63, 3.8) is 0 Å². The van der Waals surface area contributed by atoms with E-state index in [-0.39, 0.29) is 0 Å². The molecule has 0 aliphatic rings. The molecule has 0 heterocycles. The Balaban J connectivity index is 1.73. The van der Waals surface area contributed by atoms with Crippen LogP contribution in [0.3, 0.4) is 0 Å². The Labute approximate surface area is 187 Å². The highest BCUT2D eigenvalue weighted by atomic mass is 29.3. The molecule has 0 aliphatic carbocycles. The minimum Gasteiger partial charge on any atom is -0.378 e. The van der Waals surface area contributed by atoms with Crippen LogP contribution in [0, 0.1) is 0 Å². The van der Waals surface area contributed by atoms with E-state index in [2.05, 4.69) is 124 Å². The molecule has 156 valence electrons. The minimum absolute atomic E-state index is 1.27. The first kappa shape index (κ1) is 20.3. The number of nitrogens with zero attached hydrogens (tertiary/aromatic N) is 1. The van der Waals surface area contributed by atoms with E-state index in [0.717, 1.165) is 0 Å². The third-order valence-electron chi connectivity index (χ3n) is 7.87. The molecule has 0 amide bonds. The molecule has 0 N–H and O–H groups in total. The van der Waals surface area contributed by atoms with Crippen molar-refractivity contribution in [1.29, 1.82) is 0 Å². The second kappa shape index (κ2) is 6.94. The monoisotopic (exact) mass is 437 g/mol. The standard InChI is InChI=1S/C28H31NSi2/c1-29(2)23-14-16-24(17-15-23)30(3,4)31(5,6)26-19-13-22-11-10-20-8-7-9-21-12-18-25(26)28(22)27(20)21/h7-19H,1-6H3. The lowest BCUT2D eigenvalue weighted by Gasteiger charge is -2.40. The zero-order valence-corrected chi connectivity index (χ0v) is 21.5. The first-order valence-electron chi connectivity index (χ1n) is 11.2. The van der Waals surface area contributed by atoms with E-state index in [9.17, 15) is 0 Å². The van der Waals surface area contributed by atoms with Crippen LogP contribution in [-0.4, -0.2) is 29.3 Å². The number of rotatable bonds is 4. The van der Waals surface area contributed by atoms with Gasteiger partial charge in [-0.05, 0) is 44.5 Å². The molecular formula is C28H31NSi2. The van der Waals surface area contributed by atoms with Gasteiger partial charge < -0.3 is 4.90 Å². The van der Waals surface area contributed by atoms with E-state index in [1.807, 2.05) is 0 Å². The van der Waals surface area contributed by atoms with Crippen LogP contribution < -0.4 is 15.3 Å². The molecule has 1 nitrogen and oxygen atoms in total. The molecule has 3 heteroatoms. The summed E-state index contributed by atoms with van der Waals surface area (Å²) in [4.78, 5) is 2.18. The average molecular weight is 438 g/mol. The van der Waals surface area contributed by atoms with Crippen LogP contribution in [0.5, 0.6) is 0 Å². The first-order valence-corrected chi connectivity index (χ1v) is 18.2. The molecule has 0 radical (unpaired) electrons. The van der Waals surface area contributed by atoms with E-state index < -0.39 is 15.2 Å². The topological polar surface area (TPSA) is 3.24 Å². The molecular weight excluding hydrogens is 406 g/mol. The number of anilines is 1. The lowest BCUT2D eigenvalue weighted by atomic mass is 9.94. The number of hydrogen-bond acceptors (Lipinski definition) is 1. The zero-order valence-electron chi connectivity index (χ0n) is 19.5. The molecule has 0 atom stereocenters. The number of hydrogen-bond donors (Lipinski definition) is 0. The minimum atomic E-state index is -1.76. The highest BCUT2D eigenvalue weighted by Crippen LogP contribution is 2.35. The van der Waals surface area contributed by atoms with Gasteiger partial charge in [0.05, 0.1) is 15.2 Å². The van der Waals surface area contributed by atoms with Crippen molar-refractivity contribution in [1.82, 2.24) is 0 Å². The van der Waals surface area contributed by atoms with Crippen LogP contribution in [0.2, 0.25) is 26.2 Å². The van der Waals surface area contributed by atoms with Crippen LogP contribution >= 0.6 is 0 Å². The van der Waals surface area contributed by atoms with Crippen molar-refractivity contribution in [2.24, 2.45) is 0 Å². The van der Waals surface area contributed by atoms with Crippen molar-refractivity contribution in [2.45, 2.75) is 26.2 Å². The van der Waals surface area contributed by atoms with E-state index >= 15 is 0 Å². The smallest absolute Gasteiger partial charge is 0.0799 e. The van der Waals surface area contributed by atoms with E-state index in [1.54, 1.807) is 10.4 Å². The van der Waals surface area contributed by atoms with Crippen LogP contribution in [-0.2, 0) is 0 Å². The Morgan fingerprint density at radius 2 is 1.10 bits per heavy atom. The van der Waals surface area contributed by atoms with Gasteiger partial charge in [-0.1, -0.05) is 103 Å². The Kier molecular flexibility index (Phi) is 4.54. The van der Waals surface area contributed by atoms with Crippen molar-refractivity contribution < 1.29 is 0 Å². The lowest BCUT2D eigenvalue weighted by Crippen LogP contribution is -2.69. The Hall–Kier alpha value is -2.63. The molecule has 31 heavy (non-hydrogen) atoms. The predicted octanol–water partition coefficient (Wildman–Crippen LogP) is 6.26. The Bertz CT molecular complexity index is 1380. The highest BCUT2D eigenvalue weighted by molar-refractivity contribution is 7.50. The van der Waals surface area contributed by atoms with Crippen LogP contribution in [0.15, 0.2) is 78.9 Å². The van der Waals surface area contributed by atoms with Crippen LogP contribution in [0.1, 0.15) is 0 Å². The second-order valence-corrected chi connectivity index (χ2v) is 25.3. The SMILES string of the molecule is CN(C)c1ccc([Si](C)(C)[Si](C)(C)c2ccc3ccc4cccc5ccc2c3c45)cc1. The third-order valence-corrected chi connectivity index (χ3v) is 25.6. The van der Waals surface area contributed by atoms with Gasteiger partial charge in [-0.3, -0.25) is 0 Å². The van der Waals surface area contributed by atoms with Gasteiger partial charge in [0.25, 0.3) is 0 Å². The summed E-state index contributed by atoms with van der Waals surface area (Å²) >= 11 is 0. The van der Waals surface area contributed by atoms with Gasteiger partial charge in [0, 0.05) is 19.8 Å². The molecule has 0 saturated heterocycles. The van der Waals surface area contributed by atoms with Crippen molar-refractivity contribution in [3.05, 3.63) is 78.9 Å². The van der Waals surface area contributed by atoms with Gasteiger partial charge in [0.15, 0.2) is 0 Å². The molecule has 5 aromatic rings. The normalized spacial score (nSPS) is 12.8. The summed E-state index contributed by atoms with van der Waals surface area (Å²) in [6.07, 6.45) is 0. The van der Waals surface area contributed by atoms with E-state index in [4.69, 9.17) is 0 Å². The fourth-order valence-corrected chi connectivity index (χ4v) is 14.3. The molecule has 0 aliphatic heterocycles. The highest BCUT2D eigenvalue weighted by Gasteiger charge is 2.44. The van der Waals surface area contributed by atoms with Crippen LogP contribution in [0.4, 0.5) is 5.69 Å². The molecule has 0 saturated carbocycles. The summed E-state index contributed by atoms with van der Waals surface area (Å²) in [6, 6.07) is 30.2. The Morgan fingerprint density at radius 3 is 1.71 bits per heavy atom. The molecule has 5 rings (SSSR count). The largest absolute Gasteiger partial charge is 0.378 e. The zero-order chi connectivity index (χ0) is 22.0. The fourth-order valence-electron chi connectivity index (χ4n) is 5.15. The molecule has 0 bridgehead atoms. The van der Waals surface area contributed by atoms with E-state index in [1.165, 1.54) is 38.0 Å². The first-order chi connectivity index (χ1) is 14.7. The number of benzene rings is 5. The molecule has 0 unspecified atom stereocenters. The summed E-state index contributed by atoms with van der Waals surface area (Å²) in [5.74, 6) is 0. The summed E-state index contributed by atoms with van der Waals surface area (Å²) in [5, 5.41) is 11.6. The maximum absolute atomic E-state index is 2.60. The average Bonchev–Trinajstić information content (AvgIpc) is 2.77. The summed E-state index contributed by atoms with van der Waals surface area (Å²) < 4.78 is 0. The third kappa shape index (κ3) is 2.94. The van der Waals surface area contributed by atoms with Gasteiger partial charge in [-0.2, -0.15) is 0 Å². The van der Waals surface area contributed by atoms with Crippen molar-refractivity contribution in [2.75, 3.05) is 19.0 Å².